The van der Waals surface area contributed by atoms with Crippen LogP contribution in [0.4, 0.5) is 0 Å². The monoisotopic (exact) mass is 436 g/mol. The fourth-order valence-electron chi connectivity index (χ4n) is 3.34. The third-order valence-corrected chi connectivity index (χ3v) is 5.38. The molecule has 0 bridgehead atoms. The molecule has 2 aromatic carbocycles. The molecule has 0 aliphatic carbocycles. The van der Waals surface area contributed by atoms with Crippen molar-refractivity contribution in [1.29, 1.82) is 0 Å². The number of likely N-dealkylation sites (tertiary alicyclic amines) is 1. The lowest BCUT2D eigenvalue weighted by molar-refractivity contribution is -0.127. The van der Waals surface area contributed by atoms with Gasteiger partial charge in [0.05, 0.1) is 16.6 Å². The number of rotatable bonds is 4. The predicted molar refractivity (Wildman–Crippen MR) is 103 cm³/mol. The summed E-state index contributed by atoms with van der Waals surface area (Å²) in [6.45, 7) is 0.318. The molecule has 26 heavy (non-hydrogen) atoms. The van der Waals surface area contributed by atoms with Gasteiger partial charge in [0.25, 0.3) is 5.91 Å². The molecule has 1 aliphatic rings. The van der Waals surface area contributed by atoms with Gasteiger partial charge in [-0.05, 0) is 17.7 Å². The van der Waals surface area contributed by atoms with Gasteiger partial charge < -0.3 is 15.3 Å². The number of hydrogen-bond donors (Lipinski definition) is 2. The van der Waals surface area contributed by atoms with Crippen LogP contribution in [0.25, 0.3) is 0 Å². The molecular weight excluding hydrogens is 420 g/mol. The van der Waals surface area contributed by atoms with Crippen molar-refractivity contribution in [2.75, 3.05) is 13.6 Å². The van der Waals surface area contributed by atoms with E-state index in [4.69, 9.17) is 11.6 Å². The molecule has 0 radical (unpaired) electrons. The molecule has 0 saturated carbocycles. The number of benzene rings is 2. The average Bonchev–Trinajstić information content (AvgIpc) is 2.91. The summed E-state index contributed by atoms with van der Waals surface area (Å²) < 4.78 is 0.600. The van der Waals surface area contributed by atoms with Crippen LogP contribution in [0.3, 0.4) is 0 Å². The summed E-state index contributed by atoms with van der Waals surface area (Å²) in [6, 6.07) is 12.7. The molecule has 1 fully saturated rings. The maximum absolute atomic E-state index is 12.5. The van der Waals surface area contributed by atoms with Crippen LogP contribution in [0.5, 0.6) is 5.75 Å². The molecule has 2 amide bonds. The van der Waals surface area contributed by atoms with E-state index in [1.165, 1.54) is 12.1 Å². The fourth-order valence-corrected chi connectivity index (χ4v) is 4.15. The molecule has 0 unspecified atom stereocenters. The van der Waals surface area contributed by atoms with Crippen molar-refractivity contribution in [2.24, 2.45) is 5.92 Å². The van der Waals surface area contributed by atoms with E-state index >= 15 is 0 Å². The molecule has 2 N–H and O–H groups in total. The van der Waals surface area contributed by atoms with Crippen molar-refractivity contribution in [3.63, 3.8) is 0 Å². The van der Waals surface area contributed by atoms with Gasteiger partial charge in [-0.1, -0.05) is 57.9 Å². The van der Waals surface area contributed by atoms with E-state index in [1.807, 2.05) is 30.3 Å². The Morgan fingerprint density at radius 2 is 2.04 bits per heavy atom. The van der Waals surface area contributed by atoms with Gasteiger partial charge in [0.15, 0.2) is 0 Å². The number of phenolic OH excluding ortho intramolecular Hbond substituents is 1. The van der Waals surface area contributed by atoms with Crippen LogP contribution in [-0.4, -0.2) is 35.4 Å². The van der Waals surface area contributed by atoms with Gasteiger partial charge in [0, 0.05) is 30.4 Å². The summed E-state index contributed by atoms with van der Waals surface area (Å²) in [6.07, 6.45) is 0.363. The zero-order chi connectivity index (χ0) is 18.8. The van der Waals surface area contributed by atoms with Gasteiger partial charge in [-0.3, -0.25) is 9.59 Å². The van der Waals surface area contributed by atoms with E-state index < -0.39 is 5.91 Å². The van der Waals surface area contributed by atoms with E-state index in [1.54, 1.807) is 11.9 Å². The first-order valence-corrected chi connectivity index (χ1v) is 9.32. The summed E-state index contributed by atoms with van der Waals surface area (Å²) in [5, 5.41) is 12.9. The lowest BCUT2D eigenvalue weighted by Gasteiger charge is -2.25. The normalized spacial score (nSPS) is 19.7. The fraction of sp³-hybridized carbons (Fsp3) is 0.263. The zero-order valence-corrected chi connectivity index (χ0v) is 16.4. The maximum atomic E-state index is 12.5. The second-order valence-corrected chi connectivity index (χ2v) is 7.64. The Bertz CT molecular complexity index is 844. The van der Waals surface area contributed by atoms with Gasteiger partial charge in [-0.25, -0.2) is 0 Å². The van der Waals surface area contributed by atoms with E-state index in [0.29, 0.717) is 17.4 Å². The molecule has 1 heterocycles. The zero-order valence-electron chi connectivity index (χ0n) is 14.1. The highest BCUT2D eigenvalue weighted by molar-refractivity contribution is 9.10. The number of hydrogen-bond acceptors (Lipinski definition) is 3. The minimum Gasteiger partial charge on any atom is -0.506 e. The van der Waals surface area contributed by atoms with Crippen LogP contribution in [0, 0.1) is 5.92 Å². The first-order valence-electron chi connectivity index (χ1n) is 8.15. The van der Waals surface area contributed by atoms with Gasteiger partial charge in [0.1, 0.15) is 5.75 Å². The van der Waals surface area contributed by atoms with Crippen molar-refractivity contribution in [1.82, 2.24) is 10.2 Å². The van der Waals surface area contributed by atoms with Crippen molar-refractivity contribution in [2.45, 2.75) is 12.5 Å². The quantitative estimate of drug-likeness (QED) is 0.765. The highest BCUT2D eigenvalue weighted by atomic mass is 79.9. The molecule has 0 aromatic heterocycles. The average molecular weight is 438 g/mol. The molecule has 5 nitrogen and oxygen atoms in total. The SMILES string of the molecule is CN1C(=O)C[C@@H](CNC(=O)c2cc(Br)cc(Cl)c2O)[C@@H]1c1ccccc1. The second-order valence-electron chi connectivity index (χ2n) is 6.32. The predicted octanol–water partition coefficient (Wildman–Crippen LogP) is 3.76. The van der Waals surface area contributed by atoms with E-state index in [0.717, 1.165) is 5.56 Å². The van der Waals surface area contributed by atoms with Crippen molar-refractivity contribution in [3.05, 3.63) is 63.1 Å². The second kappa shape index (κ2) is 7.68. The minimum absolute atomic E-state index is 0.0476. The molecule has 7 heteroatoms. The standard InChI is InChI=1S/C19H18BrClN2O3/c1-23-16(24)7-12(17(23)11-5-3-2-4-6-11)10-22-19(26)14-8-13(20)9-15(21)18(14)25/h2-6,8-9,12,17,25H,7,10H2,1H3,(H,22,26)/t12-,17-/m0/s1. The first-order chi connectivity index (χ1) is 12.4. The number of carbonyl (C=O) groups excluding carboxylic acids is 2. The molecular formula is C19H18BrClN2O3. The van der Waals surface area contributed by atoms with Crippen LogP contribution in [0.15, 0.2) is 46.9 Å². The third-order valence-electron chi connectivity index (χ3n) is 4.63. The van der Waals surface area contributed by atoms with Crippen molar-refractivity contribution >= 4 is 39.3 Å². The first kappa shape index (κ1) is 18.7. The third kappa shape index (κ3) is 3.71. The number of carbonyl (C=O) groups is 2. The van der Waals surface area contributed by atoms with Crippen molar-refractivity contribution < 1.29 is 14.7 Å². The van der Waals surface area contributed by atoms with Gasteiger partial charge in [-0.15, -0.1) is 0 Å². The van der Waals surface area contributed by atoms with Crippen LogP contribution >= 0.6 is 27.5 Å². The van der Waals surface area contributed by atoms with Crippen LogP contribution < -0.4 is 5.32 Å². The Labute approximate surface area is 165 Å². The molecule has 2 aromatic rings. The molecule has 3 rings (SSSR count). The molecule has 1 saturated heterocycles. The lowest BCUT2D eigenvalue weighted by atomic mass is 9.93. The van der Waals surface area contributed by atoms with Gasteiger partial charge in [0.2, 0.25) is 5.91 Å². The molecule has 2 atom stereocenters. The Hall–Kier alpha value is -2.05. The Morgan fingerprint density at radius 3 is 2.73 bits per heavy atom. The molecule has 136 valence electrons. The van der Waals surface area contributed by atoms with Crippen LogP contribution in [0.2, 0.25) is 5.02 Å². The highest BCUT2D eigenvalue weighted by Crippen LogP contribution is 2.37. The maximum Gasteiger partial charge on any atom is 0.255 e. The van der Waals surface area contributed by atoms with E-state index in [9.17, 15) is 14.7 Å². The van der Waals surface area contributed by atoms with Crippen LogP contribution in [0.1, 0.15) is 28.4 Å². The van der Waals surface area contributed by atoms with Crippen LogP contribution in [-0.2, 0) is 4.79 Å². The number of amides is 2. The number of nitrogens with one attached hydrogen (secondary N) is 1. The largest absolute Gasteiger partial charge is 0.506 e. The summed E-state index contributed by atoms with van der Waals surface area (Å²) in [5.74, 6) is -0.693. The Morgan fingerprint density at radius 1 is 1.35 bits per heavy atom. The number of nitrogens with zero attached hydrogens (tertiary/aromatic N) is 1. The smallest absolute Gasteiger partial charge is 0.255 e. The van der Waals surface area contributed by atoms with Crippen molar-refractivity contribution in [3.8, 4) is 5.75 Å². The molecule has 0 spiro atoms. The topological polar surface area (TPSA) is 69.6 Å². The van der Waals surface area contributed by atoms with Gasteiger partial charge in [-0.2, -0.15) is 0 Å². The summed E-state index contributed by atoms with van der Waals surface area (Å²) >= 11 is 9.18. The number of halogens is 2. The van der Waals surface area contributed by atoms with E-state index in [-0.39, 0.29) is 34.2 Å². The molecule has 1 aliphatic heterocycles. The van der Waals surface area contributed by atoms with E-state index in [2.05, 4.69) is 21.2 Å². The summed E-state index contributed by atoms with van der Waals surface area (Å²) in [4.78, 5) is 26.4. The number of phenols is 1. The number of aromatic hydroxyl groups is 1. The Balaban J connectivity index is 1.76. The lowest BCUT2D eigenvalue weighted by Crippen LogP contribution is -2.32. The van der Waals surface area contributed by atoms with Gasteiger partial charge >= 0.3 is 0 Å². The summed E-state index contributed by atoms with van der Waals surface area (Å²) in [7, 11) is 1.78. The minimum atomic E-state index is -0.431. The highest BCUT2D eigenvalue weighted by Gasteiger charge is 2.38. The summed E-state index contributed by atoms with van der Waals surface area (Å²) in [5.41, 5.74) is 1.13. The Kier molecular flexibility index (Phi) is 5.53.